The molecule has 1 fully saturated rings. The van der Waals surface area contributed by atoms with Gasteiger partial charge in [0.1, 0.15) is 0 Å². The molecule has 1 aromatic carbocycles. The van der Waals surface area contributed by atoms with Crippen LogP contribution in [0.1, 0.15) is 60.4 Å². The van der Waals surface area contributed by atoms with Gasteiger partial charge in [0, 0.05) is 0 Å². The van der Waals surface area contributed by atoms with Gasteiger partial charge in [-0.3, -0.25) is 0 Å². The number of rotatable bonds is 3. The third-order valence-electron chi connectivity index (χ3n) is 4.57. The maximum atomic E-state index is 10.6. The second-order valence-corrected chi connectivity index (χ2v) is 6.23. The van der Waals surface area contributed by atoms with Crippen LogP contribution in [0.3, 0.4) is 0 Å². The van der Waals surface area contributed by atoms with Gasteiger partial charge in [0.05, 0.1) is 12.1 Å². The second kappa shape index (κ2) is 6.06. The first-order valence-corrected chi connectivity index (χ1v) is 7.52. The van der Waals surface area contributed by atoms with E-state index in [-0.39, 0.29) is 6.04 Å². The lowest BCUT2D eigenvalue weighted by molar-refractivity contribution is 0.0614. The summed E-state index contributed by atoms with van der Waals surface area (Å²) in [4.78, 5) is 0. The quantitative estimate of drug-likeness (QED) is 0.874. The van der Waals surface area contributed by atoms with Gasteiger partial charge in [0.15, 0.2) is 0 Å². The number of hydrogen-bond acceptors (Lipinski definition) is 2. The molecule has 3 N–H and O–H groups in total. The average Bonchev–Trinajstić information content (AvgIpc) is 2.37. The van der Waals surface area contributed by atoms with E-state index in [1.165, 1.54) is 36.0 Å². The van der Waals surface area contributed by atoms with Crippen molar-refractivity contribution in [1.29, 1.82) is 0 Å². The predicted molar refractivity (Wildman–Crippen MR) is 80.2 cm³/mol. The Bertz CT molecular complexity index is 412. The molecule has 0 radical (unpaired) electrons. The predicted octanol–water partition coefficient (Wildman–Crippen LogP) is 3.55. The molecule has 1 aliphatic carbocycles. The molecule has 2 rings (SSSR count). The van der Waals surface area contributed by atoms with Crippen molar-refractivity contribution >= 4 is 0 Å². The van der Waals surface area contributed by atoms with E-state index in [0.29, 0.717) is 5.92 Å². The van der Waals surface area contributed by atoms with E-state index in [0.717, 1.165) is 18.4 Å². The van der Waals surface area contributed by atoms with Crippen LogP contribution in [0.4, 0.5) is 0 Å². The summed E-state index contributed by atoms with van der Waals surface area (Å²) in [6.07, 6.45) is 5.62. The van der Waals surface area contributed by atoms with Crippen molar-refractivity contribution in [3.8, 4) is 0 Å². The maximum absolute atomic E-state index is 10.6. The monoisotopic (exact) mass is 261 g/mol. The summed E-state index contributed by atoms with van der Waals surface area (Å²) in [6, 6.07) is 4.08. The second-order valence-electron chi connectivity index (χ2n) is 6.23. The molecule has 1 aromatic rings. The molecule has 19 heavy (non-hydrogen) atoms. The van der Waals surface area contributed by atoms with Crippen molar-refractivity contribution in [2.75, 3.05) is 0 Å². The Hall–Kier alpha value is -0.860. The minimum Gasteiger partial charge on any atom is -0.391 e. The van der Waals surface area contributed by atoms with Crippen molar-refractivity contribution in [3.63, 3.8) is 0 Å². The third-order valence-corrected chi connectivity index (χ3v) is 4.57. The Labute approximate surface area is 117 Å². The lowest BCUT2D eigenvalue weighted by Gasteiger charge is -2.32. The molecule has 0 amide bonds. The van der Waals surface area contributed by atoms with Crippen molar-refractivity contribution in [1.82, 2.24) is 0 Å². The van der Waals surface area contributed by atoms with Crippen molar-refractivity contribution in [2.45, 2.75) is 65.0 Å². The molecule has 106 valence electrons. The van der Waals surface area contributed by atoms with Gasteiger partial charge in [0.25, 0.3) is 0 Å². The van der Waals surface area contributed by atoms with E-state index in [9.17, 15) is 5.11 Å². The van der Waals surface area contributed by atoms with Crippen LogP contribution in [0.15, 0.2) is 12.1 Å². The fourth-order valence-corrected chi connectivity index (χ4v) is 3.66. The Morgan fingerprint density at radius 3 is 2.11 bits per heavy atom. The first kappa shape index (κ1) is 14.5. The normalized spacial score (nSPS) is 20.3. The van der Waals surface area contributed by atoms with Crippen LogP contribution in [-0.2, 0) is 0 Å². The summed E-state index contributed by atoms with van der Waals surface area (Å²) in [5.74, 6) is 0.379. The van der Waals surface area contributed by atoms with Crippen LogP contribution in [0.5, 0.6) is 0 Å². The number of aliphatic hydroxyl groups is 1. The number of aryl methyl sites for hydroxylation is 3. The highest BCUT2D eigenvalue weighted by Gasteiger charge is 2.29. The Balaban J connectivity index is 2.20. The zero-order valence-electron chi connectivity index (χ0n) is 12.4. The zero-order valence-corrected chi connectivity index (χ0v) is 12.4. The molecule has 2 nitrogen and oxygen atoms in total. The molecule has 0 aromatic heterocycles. The maximum Gasteiger partial charge on any atom is 0.0761 e. The summed E-state index contributed by atoms with van der Waals surface area (Å²) >= 11 is 0. The first-order valence-electron chi connectivity index (χ1n) is 7.52. The van der Waals surface area contributed by atoms with Gasteiger partial charge in [-0.2, -0.15) is 0 Å². The molecule has 0 spiro atoms. The lowest BCUT2D eigenvalue weighted by atomic mass is 9.80. The van der Waals surface area contributed by atoms with Crippen molar-refractivity contribution in [3.05, 3.63) is 34.4 Å². The van der Waals surface area contributed by atoms with E-state index >= 15 is 0 Å². The fraction of sp³-hybridized carbons (Fsp3) is 0.647. The number of aliphatic hydroxyl groups excluding tert-OH is 1. The third kappa shape index (κ3) is 3.18. The van der Waals surface area contributed by atoms with Crippen molar-refractivity contribution in [2.24, 2.45) is 11.7 Å². The van der Waals surface area contributed by atoms with Crippen LogP contribution in [0.2, 0.25) is 0 Å². The largest absolute Gasteiger partial charge is 0.391 e. The molecular weight excluding hydrogens is 234 g/mol. The van der Waals surface area contributed by atoms with Gasteiger partial charge in [0.2, 0.25) is 0 Å². The summed E-state index contributed by atoms with van der Waals surface area (Å²) in [5.41, 5.74) is 11.2. The topological polar surface area (TPSA) is 46.2 Å². The molecule has 2 heteroatoms. The minimum atomic E-state index is -0.402. The van der Waals surface area contributed by atoms with Crippen LogP contribution in [-0.4, -0.2) is 11.2 Å². The minimum absolute atomic E-state index is 0.247. The van der Waals surface area contributed by atoms with Crippen LogP contribution in [0, 0.1) is 26.7 Å². The zero-order chi connectivity index (χ0) is 14.0. The van der Waals surface area contributed by atoms with Crippen molar-refractivity contribution < 1.29 is 5.11 Å². The molecule has 0 bridgehead atoms. The number of hydrogen-bond donors (Lipinski definition) is 2. The SMILES string of the molecule is Cc1cc(C)c([C@@H](N)[C@@H](O)C2CCCCC2)c(C)c1. The number of benzene rings is 1. The van der Waals surface area contributed by atoms with Gasteiger partial charge >= 0.3 is 0 Å². The van der Waals surface area contributed by atoms with E-state index in [4.69, 9.17) is 5.73 Å². The number of nitrogens with two attached hydrogens (primary N) is 1. The lowest BCUT2D eigenvalue weighted by Crippen LogP contribution is -2.35. The average molecular weight is 261 g/mol. The van der Waals surface area contributed by atoms with Gasteiger partial charge in [-0.05, 0) is 56.2 Å². The molecule has 0 heterocycles. The molecule has 1 aliphatic rings. The molecule has 1 saturated carbocycles. The molecule has 2 atom stereocenters. The van der Waals surface area contributed by atoms with Crippen LogP contribution in [0.25, 0.3) is 0 Å². The summed E-state index contributed by atoms with van der Waals surface area (Å²) < 4.78 is 0. The van der Waals surface area contributed by atoms with Gasteiger partial charge in [-0.1, -0.05) is 37.0 Å². The highest BCUT2D eigenvalue weighted by molar-refractivity contribution is 5.40. The van der Waals surface area contributed by atoms with Gasteiger partial charge < -0.3 is 10.8 Å². The molecule has 0 unspecified atom stereocenters. The van der Waals surface area contributed by atoms with E-state index in [1.54, 1.807) is 0 Å². The Morgan fingerprint density at radius 1 is 1.05 bits per heavy atom. The van der Waals surface area contributed by atoms with Crippen LogP contribution >= 0.6 is 0 Å². The Kier molecular flexibility index (Phi) is 4.64. The van der Waals surface area contributed by atoms with E-state index in [2.05, 4.69) is 32.9 Å². The highest BCUT2D eigenvalue weighted by Crippen LogP contribution is 2.33. The summed E-state index contributed by atoms with van der Waals surface area (Å²) in [6.45, 7) is 6.30. The fourth-order valence-electron chi connectivity index (χ4n) is 3.66. The first-order chi connectivity index (χ1) is 9.00. The van der Waals surface area contributed by atoms with Gasteiger partial charge in [-0.25, -0.2) is 0 Å². The Morgan fingerprint density at radius 2 is 1.58 bits per heavy atom. The van der Waals surface area contributed by atoms with Gasteiger partial charge in [-0.15, -0.1) is 0 Å². The molecular formula is C17H27NO. The summed E-state index contributed by atoms with van der Waals surface area (Å²) in [5, 5.41) is 10.6. The smallest absolute Gasteiger partial charge is 0.0761 e. The highest BCUT2D eigenvalue weighted by atomic mass is 16.3. The standard InChI is InChI=1S/C17H27NO/c1-11-9-12(2)15(13(3)10-11)16(18)17(19)14-7-5-4-6-8-14/h9-10,14,16-17,19H,4-8,18H2,1-3H3/t16-,17+/m1/s1. The van der Waals surface area contributed by atoms with Crippen LogP contribution < -0.4 is 5.73 Å². The van der Waals surface area contributed by atoms with E-state index < -0.39 is 6.10 Å². The summed E-state index contributed by atoms with van der Waals surface area (Å²) in [7, 11) is 0. The molecule has 0 saturated heterocycles. The van der Waals surface area contributed by atoms with E-state index in [1.807, 2.05) is 0 Å². The molecule has 0 aliphatic heterocycles.